The molecule has 0 aromatic heterocycles. The standard InChI is InChI=1S/C8H10N2O3/c1-3-5-13-10-7(11)6(4-2)9-8(10)12/h1,6H,4-5H2,2H3,(H,9,12). The summed E-state index contributed by atoms with van der Waals surface area (Å²) in [5.74, 6) is 1.79. The first-order valence-electron chi connectivity index (χ1n) is 3.91. The second-order valence-electron chi connectivity index (χ2n) is 2.52. The van der Waals surface area contributed by atoms with Gasteiger partial charge in [-0.1, -0.05) is 12.8 Å². The molecule has 1 fully saturated rings. The first-order chi connectivity index (χ1) is 6.20. The van der Waals surface area contributed by atoms with Crippen LogP contribution in [0.1, 0.15) is 13.3 Å². The lowest BCUT2D eigenvalue weighted by Gasteiger charge is -2.09. The average Bonchev–Trinajstić information content (AvgIpc) is 2.39. The van der Waals surface area contributed by atoms with Gasteiger partial charge < -0.3 is 5.32 Å². The Morgan fingerprint density at radius 1 is 1.69 bits per heavy atom. The zero-order valence-corrected chi connectivity index (χ0v) is 7.24. The molecule has 0 radical (unpaired) electrons. The van der Waals surface area contributed by atoms with Crippen LogP contribution in [0.4, 0.5) is 4.79 Å². The van der Waals surface area contributed by atoms with Gasteiger partial charge in [0, 0.05) is 0 Å². The number of terminal acetylenes is 1. The van der Waals surface area contributed by atoms with E-state index in [1.54, 1.807) is 6.92 Å². The Labute approximate surface area is 76.0 Å². The lowest BCUT2D eigenvalue weighted by molar-refractivity contribution is -0.159. The molecule has 1 heterocycles. The second-order valence-corrected chi connectivity index (χ2v) is 2.52. The molecule has 0 spiro atoms. The van der Waals surface area contributed by atoms with Crippen molar-refractivity contribution in [2.45, 2.75) is 19.4 Å². The molecule has 0 aromatic rings. The minimum Gasteiger partial charge on any atom is -0.324 e. The molecule has 0 aliphatic carbocycles. The monoisotopic (exact) mass is 182 g/mol. The Kier molecular flexibility index (Phi) is 2.88. The quantitative estimate of drug-likeness (QED) is 0.489. The summed E-state index contributed by atoms with van der Waals surface area (Å²) in [7, 11) is 0. The lowest BCUT2D eigenvalue weighted by Crippen LogP contribution is -2.31. The average molecular weight is 182 g/mol. The molecule has 3 amide bonds. The molecule has 70 valence electrons. The van der Waals surface area contributed by atoms with Gasteiger partial charge in [-0.3, -0.25) is 4.79 Å². The van der Waals surface area contributed by atoms with Crippen LogP contribution in [0.15, 0.2) is 0 Å². The van der Waals surface area contributed by atoms with Gasteiger partial charge in [0.1, 0.15) is 12.6 Å². The van der Waals surface area contributed by atoms with E-state index in [0.717, 1.165) is 0 Å². The van der Waals surface area contributed by atoms with E-state index in [0.29, 0.717) is 11.5 Å². The fourth-order valence-electron chi connectivity index (χ4n) is 1.01. The topological polar surface area (TPSA) is 58.6 Å². The minimum atomic E-state index is -0.549. The van der Waals surface area contributed by atoms with E-state index < -0.39 is 12.1 Å². The fraction of sp³-hybridized carbons (Fsp3) is 0.500. The van der Waals surface area contributed by atoms with Gasteiger partial charge in [0.25, 0.3) is 5.91 Å². The SMILES string of the molecule is C#CCON1C(=O)NC(CC)C1=O. The molecule has 1 saturated heterocycles. The fourth-order valence-corrected chi connectivity index (χ4v) is 1.01. The summed E-state index contributed by atoms with van der Waals surface area (Å²) in [6.45, 7) is 1.71. The smallest absolute Gasteiger partial charge is 0.324 e. The summed E-state index contributed by atoms with van der Waals surface area (Å²) < 4.78 is 0. The third kappa shape index (κ3) is 1.79. The third-order valence-corrected chi connectivity index (χ3v) is 1.67. The van der Waals surface area contributed by atoms with Crippen LogP contribution in [0.5, 0.6) is 0 Å². The highest BCUT2D eigenvalue weighted by molar-refractivity contribution is 6.02. The van der Waals surface area contributed by atoms with Crippen LogP contribution in [-0.4, -0.2) is 29.7 Å². The van der Waals surface area contributed by atoms with Crippen LogP contribution < -0.4 is 5.32 Å². The summed E-state index contributed by atoms with van der Waals surface area (Å²) in [6.07, 6.45) is 5.46. The van der Waals surface area contributed by atoms with Gasteiger partial charge >= 0.3 is 6.03 Å². The first-order valence-corrected chi connectivity index (χ1v) is 3.91. The van der Waals surface area contributed by atoms with Crippen LogP contribution in [0, 0.1) is 12.3 Å². The number of hydrogen-bond acceptors (Lipinski definition) is 3. The Bertz CT molecular complexity index is 269. The number of nitrogens with one attached hydrogen (secondary N) is 1. The zero-order valence-electron chi connectivity index (χ0n) is 7.24. The summed E-state index contributed by atoms with van der Waals surface area (Å²) in [6, 6.07) is -1.03. The van der Waals surface area contributed by atoms with Crippen LogP contribution in [0.2, 0.25) is 0 Å². The molecule has 1 rings (SSSR count). The van der Waals surface area contributed by atoms with Gasteiger partial charge in [0.2, 0.25) is 0 Å². The van der Waals surface area contributed by atoms with Crippen LogP contribution in [0.3, 0.4) is 0 Å². The number of carbonyl (C=O) groups is 2. The van der Waals surface area contributed by atoms with E-state index in [4.69, 9.17) is 11.3 Å². The van der Waals surface area contributed by atoms with Crippen molar-refractivity contribution >= 4 is 11.9 Å². The van der Waals surface area contributed by atoms with E-state index in [1.807, 2.05) is 0 Å². The summed E-state index contributed by atoms with van der Waals surface area (Å²) in [5, 5.41) is 3.13. The molecule has 13 heavy (non-hydrogen) atoms. The number of urea groups is 1. The lowest BCUT2D eigenvalue weighted by atomic mass is 10.2. The normalized spacial score (nSPS) is 21.5. The van der Waals surface area contributed by atoms with Crippen molar-refractivity contribution in [3.05, 3.63) is 0 Å². The molecule has 1 atom stereocenters. The maximum Gasteiger partial charge on any atom is 0.349 e. The molecule has 0 bridgehead atoms. The summed E-state index contributed by atoms with van der Waals surface area (Å²) in [5.41, 5.74) is 0. The van der Waals surface area contributed by atoms with Gasteiger partial charge in [-0.05, 0) is 6.42 Å². The van der Waals surface area contributed by atoms with Crippen molar-refractivity contribution in [1.29, 1.82) is 0 Å². The predicted molar refractivity (Wildman–Crippen MR) is 44.2 cm³/mol. The molecule has 0 aromatic carbocycles. The van der Waals surface area contributed by atoms with Gasteiger partial charge in [-0.15, -0.1) is 11.5 Å². The highest BCUT2D eigenvalue weighted by Crippen LogP contribution is 2.08. The Hall–Kier alpha value is -1.54. The number of carbonyl (C=O) groups excluding carboxylic acids is 2. The molecule has 1 N–H and O–H groups in total. The van der Waals surface area contributed by atoms with Crippen LogP contribution in [0.25, 0.3) is 0 Å². The number of nitrogens with zero attached hydrogens (tertiary/aromatic N) is 1. The van der Waals surface area contributed by atoms with E-state index in [1.165, 1.54) is 0 Å². The number of amides is 3. The molecule has 1 aliphatic heterocycles. The maximum atomic E-state index is 11.3. The molecule has 1 unspecified atom stereocenters. The van der Waals surface area contributed by atoms with Crippen LogP contribution in [-0.2, 0) is 9.63 Å². The molecule has 0 saturated carbocycles. The highest BCUT2D eigenvalue weighted by atomic mass is 16.7. The van der Waals surface area contributed by atoms with Crippen LogP contribution >= 0.6 is 0 Å². The molecule has 1 aliphatic rings. The first kappa shape index (κ1) is 9.55. The molecule has 5 heteroatoms. The zero-order chi connectivity index (χ0) is 9.84. The number of hydroxylamine groups is 2. The number of hydrogen-bond donors (Lipinski definition) is 1. The Morgan fingerprint density at radius 2 is 2.38 bits per heavy atom. The van der Waals surface area contributed by atoms with E-state index in [2.05, 4.69) is 11.2 Å². The predicted octanol–water partition coefficient (Wildman–Crippen LogP) is -0.118. The maximum absolute atomic E-state index is 11.3. The third-order valence-electron chi connectivity index (χ3n) is 1.67. The molecular formula is C8H10N2O3. The molecular weight excluding hydrogens is 172 g/mol. The van der Waals surface area contributed by atoms with Gasteiger partial charge in [-0.25, -0.2) is 9.63 Å². The Morgan fingerprint density at radius 3 is 2.85 bits per heavy atom. The van der Waals surface area contributed by atoms with Crippen molar-refractivity contribution in [2.24, 2.45) is 0 Å². The summed E-state index contributed by atoms with van der Waals surface area (Å²) in [4.78, 5) is 27.1. The van der Waals surface area contributed by atoms with Crippen molar-refractivity contribution < 1.29 is 14.4 Å². The van der Waals surface area contributed by atoms with Crippen molar-refractivity contribution in [3.63, 3.8) is 0 Å². The minimum absolute atomic E-state index is 0.0877. The van der Waals surface area contributed by atoms with E-state index >= 15 is 0 Å². The number of imide groups is 1. The van der Waals surface area contributed by atoms with E-state index in [9.17, 15) is 9.59 Å². The van der Waals surface area contributed by atoms with Gasteiger partial charge in [-0.2, -0.15) is 0 Å². The number of rotatable bonds is 3. The van der Waals surface area contributed by atoms with Gasteiger partial charge in [0.15, 0.2) is 0 Å². The van der Waals surface area contributed by atoms with E-state index in [-0.39, 0.29) is 12.5 Å². The Balaban J connectivity index is 2.60. The van der Waals surface area contributed by atoms with Crippen molar-refractivity contribution in [1.82, 2.24) is 10.4 Å². The highest BCUT2D eigenvalue weighted by Gasteiger charge is 2.37. The second kappa shape index (κ2) is 3.92. The van der Waals surface area contributed by atoms with Crippen molar-refractivity contribution in [3.8, 4) is 12.3 Å². The van der Waals surface area contributed by atoms with Crippen molar-refractivity contribution in [2.75, 3.05) is 6.61 Å². The van der Waals surface area contributed by atoms with Gasteiger partial charge in [0.05, 0.1) is 0 Å². The summed E-state index contributed by atoms with van der Waals surface area (Å²) >= 11 is 0. The largest absolute Gasteiger partial charge is 0.349 e. The molecule has 5 nitrogen and oxygen atoms in total.